The minimum absolute atomic E-state index is 0.0782. The van der Waals surface area contributed by atoms with E-state index in [0.29, 0.717) is 5.56 Å². The Morgan fingerprint density at radius 1 is 1.26 bits per heavy atom. The fraction of sp³-hybridized carbons (Fsp3) is 0.231. The molecular formula is C13H11BrF2O2S. The number of aliphatic hydroxyl groups is 1. The highest BCUT2D eigenvalue weighted by atomic mass is 79.9. The normalized spacial score (nSPS) is 12.7. The van der Waals surface area contributed by atoms with Gasteiger partial charge in [0.1, 0.15) is 11.9 Å². The van der Waals surface area contributed by atoms with Gasteiger partial charge in [-0.1, -0.05) is 12.1 Å². The van der Waals surface area contributed by atoms with Crippen molar-refractivity contribution in [3.63, 3.8) is 0 Å². The van der Waals surface area contributed by atoms with E-state index in [0.717, 1.165) is 14.2 Å². The molecule has 19 heavy (non-hydrogen) atoms. The number of hydrogen-bond acceptors (Lipinski definition) is 3. The molecule has 1 aromatic carbocycles. The summed E-state index contributed by atoms with van der Waals surface area (Å²) in [6, 6.07) is 7.88. The number of thiophene rings is 1. The Morgan fingerprint density at radius 2 is 1.89 bits per heavy atom. The van der Waals surface area contributed by atoms with Crippen molar-refractivity contribution in [2.24, 2.45) is 0 Å². The van der Waals surface area contributed by atoms with Gasteiger partial charge in [-0.05, 0) is 52.2 Å². The average molecular weight is 349 g/mol. The molecule has 1 N–H and O–H groups in total. The average Bonchev–Trinajstić information content (AvgIpc) is 2.69. The third-order valence-corrected chi connectivity index (χ3v) is 4.76. The van der Waals surface area contributed by atoms with Crippen molar-refractivity contribution in [1.29, 1.82) is 0 Å². The lowest BCUT2D eigenvalue weighted by Gasteiger charge is -2.10. The topological polar surface area (TPSA) is 29.5 Å². The lowest BCUT2D eigenvalue weighted by Crippen LogP contribution is -2.02. The van der Waals surface area contributed by atoms with Crippen LogP contribution < -0.4 is 4.74 Å². The summed E-state index contributed by atoms with van der Waals surface area (Å²) in [6.07, 6.45) is -0.768. The highest BCUT2D eigenvalue weighted by molar-refractivity contribution is 9.11. The zero-order valence-electron chi connectivity index (χ0n) is 9.94. The first kappa shape index (κ1) is 14.4. The maximum absolute atomic E-state index is 12.0. The van der Waals surface area contributed by atoms with Crippen LogP contribution in [-0.4, -0.2) is 11.7 Å². The van der Waals surface area contributed by atoms with E-state index in [4.69, 9.17) is 0 Å². The molecule has 2 rings (SSSR count). The second-order valence-corrected chi connectivity index (χ2v) is 6.36. The van der Waals surface area contributed by atoms with Crippen LogP contribution in [0.25, 0.3) is 0 Å². The molecule has 1 heterocycles. The van der Waals surface area contributed by atoms with Crippen molar-refractivity contribution in [3.8, 4) is 5.75 Å². The molecule has 0 aliphatic carbocycles. The Balaban J connectivity index is 2.17. The summed E-state index contributed by atoms with van der Waals surface area (Å²) in [5.74, 6) is 0.0782. The Hall–Kier alpha value is -0.980. The molecule has 102 valence electrons. The molecule has 1 atom stereocenters. The minimum atomic E-state index is -2.84. The molecule has 0 saturated heterocycles. The zero-order valence-corrected chi connectivity index (χ0v) is 12.3. The molecule has 0 radical (unpaired) electrons. The van der Waals surface area contributed by atoms with Crippen molar-refractivity contribution < 1.29 is 18.6 Å². The Morgan fingerprint density at radius 3 is 2.37 bits per heavy atom. The molecule has 2 nitrogen and oxygen atoms in total. The van der Waals surface area contributed by atoms with Crippen molar-refractivity contribution in [1.82, 2.24) is 0 Å². The number of rotatable bonds is 4. The van der Waals surface area contributed by atoms with E-state index in [1.807, 2.05) is 13.0 Å². The smallest absolute Gasteiger partial charge is 0.387 e. The maximum Gasteiger partial charge on any atom is 0.387 e. The number of ether oxygens (including phenoxy) is 1. The van der Waals surface area contributed by atoms with Gasteiger partial charge in [0.05, 0.1) is 3.79 Å². The minimum Gasteiger partial charge on any atom is -0.435 e. The molecule has 0 amide bonds. The third-order valence-electron chi connectivity index (χ3n) is 2.57. The van der Waals surface area contributed by atoms with Crippen molar-refractivity contribution >= 4 is 27.3 Å². The first-order valence-corrected chi connectivity index (χ1v) is 7.07. The fourth-order valence-electron chi connectivity index (χ4n) is 1.61. The van der Waals surface area contributed by atoms with Gasteiger partial charge in [0.15, 0.2) is 0 Å². The van der Waals surface area contributed by atoms with Crippen molar-refractivity contribution in [2.45, 2.75) is 19.6 Å². The molecule has 0 bridgehead atoms. The van der Waals surface area contributed by atoms with E-state index in [2.05, 4.69) is 20.7 Å². The molecule has 0 aliphatic rings. The first-order chi connectivity index (χ1) is 8.97. The standard InChI is InChI=1S/C13H11BrF2O2S/c1-7-6-10(19-12(7)14)11(17)8-2-4-9(5-3-8)18-13(15)16/h2-6,11,13,17H,1H3. The van der Waals surface area contributed by atoms with Crippen LogP contribution in [0, 0.1) is 6.92 Å². The van der Waals surface area contributed by atoms with Crippen molar-refractivity contribution in [3.05, 3.63) is 50.1 Å². The van der Waals surface area contributed by atoms with Gasteiger partial charge in [-0.3, -0.25) is 0 Å². The van der Waals surface area contributed by atoms with E-state index >= 15 is 0 Å². The highest BCUT2D eigenvalue weighted by Gasteiger charge is 2.15. The largest absolute Gasteiger partial charge is 0.435 e. The summed E-state index contributed by atoms with van der Waals surface area (Å²) in [5, 5.41) is 10.2. The summed E-state index contributed by atoms with van der Waals surface area (Å²) < 4.78 is 29.3. The molecule has 0 fully saturated rings. The maximum atomic E-state index is 12.0. The Bertz CT molecular complexity index is 535. The van der Waals surface area contributed by atoms with E-state index < -0.39 is 12.7 Å². The van der Waals surface area contributed by atoms with Crippen LogP contribution in [0.2, 0.25) is 0 Å². The van der Waals surface area contributed by atoms with E-state index in [-0.39, 0.29) is 5.75 Å². The van der Waals surface area contributed by atoms with E-state index in [9.17, 15) is 13.9 Å². The zero-order chi connectivity index (χ0) is 14.0. The van der Waals surface area contributed by atoms with Gasteiger partial charge in [0, 0.05) is 4.88 Å². The lowest BCUT2D eigenvalue weighted by molar-refractivity contribution is -0.0498. The molecule has 0 spiro atoms. The molecular weight excluding hydrogens is 338 g/mol. The molecule has 1 unspecified atom stereocenters. The summed E-state index contributed by atoms with van der Waals surface area (Å²) >= 11 is 4.85. The van der Waals surface area contributed by atoms with E-state index in [1.54, 1.807) is 12.1 Å². The first-order valence-electron chi connectivity index (χ1n) is 5.46. The van der Waals surface area contributed by atoms with Crippen LogP contribution >= 0.6 is 27.3 Å². The summed E-state index contributed by atoms with van der Waals surface area (Å²) in [6.45, 7) is -0.900. The van der Waals surface area contributed by atoms with Gasteiger partial charge in [-0.25, -0.2) is 0 Å². The third kappa shape index (κ3) is 3.52. The number of hydrogen-bond donors (Lipinski definition) is 1. The highest BCUT2D eigenvalue weighted by Crippen LogP contribution is 2.34. The van der Waals surface area contributed by atoms with Crippen LogP contribution in [0.4, 0.5) is 8.78 Å². The van der Waals surface area contributed by atoms with Gasteiger partial charge < -0.3 is 9.84 Å². The number of aliphatic hydroxyl groups excluding tert-OH is 1. The van der Waals surface area contributed by atoms with Gasteiger partial charge >= 0.3 is 6.61 Å². The molecule has 2 aromatic rings. The lowest BCUT2D eigenvalue weighted by atomic mass is 10.1. The summed E-state index contributed by atoms with van der Waals surface area (Å²) in [5.41, 5.74) is 1.69. The van der Waals surface area contributed by atoms with Crippen LogP contribution in [0.15, 0.2) is 34.1 Å². The Labute approximate surface area is 121 Å². The second kappa shape index (κ2) is 5.98. The number of aryl methyl sites for hydroxylation is 1. The van der Waals surface area contributed by atoms with Crippen LogP contribution in [0.5, 0.6) is 5.75 Å². The van der Waals surface area contributed by atoms with Gasteiger partial charge in [-0.15, -0.1) is 11.3 Å². The second-order valence-electron chi connectivity index (χ2n) is 3.96. The quantitative estimate of drug-likeness (QED) is 0.881. The SMILES string of the molecule is Cc1cc(C(O)c2ccc(OC(F)F)cc2)sc1Br. The summed E-state index contributed by atoms with van der Waals surface area (Å²) in [4.78, 5) is 0.798. The van der Waals surface area contributed by atoms with Gasteiger partial charge in [0.25, 0.3) is 0 Å². The van der Waals surface area contributed by atoms with Crippen LogP contribution in [0.1, 0.15) is 22.1 Å². The molecule has 0 aliphatic heterocycles. The van der Waals surface area contributed by atoms with Crippen LogP contribution in [-0.2, 0) is 0 Å². The van der Waals surface area contributed by atoms with Gasteiger partial charge in [0.2, 0.25) is 0 Å². The van der Waals surface area contributed by atoms with Gasteiger partial charge in [-0.2, -0.15) is 8.78 Å². The molecule has 0 saturated carbocycles. The van der Waals surface area contributed by atoms with Crippen LogP contribution in [0.3, 0.4) is 0 Å². The van der Waals surface area contributed by atoms with E-state index in [1.165, 1.54) is 23.5 Å². The Kier molecular flexibility index (Phi) is 4.54. The fourth-order valence-corrected chi connectivity index (χ4v) is 3.20. The number of halogens is 3. The summed E-state index contributed by atoms with van der Waals surface area (Å²) in [7, 11) is 0. The number of alkyl halides is 2. The predicted octanol–water partition coefficient (Wildman–Crippen LogP) is 4.50. The molecule has 6 heteroatoms. The van der Waals surface area contributed by atoms with Crippen molar-refractivity contribution in [2.75, 3.05) is 0 Å². The predicted molar refractivity (Wildman–Crippen MR) is 73.9 cm³/mol. The molecule has 1 aromatic heterocycles. The monoisotopic (exact) mass is 348 g/mol. The number of benzene rings is 1.